The third-order valence-electron chi connectivity index (χ3n) is 2.96. The molecule has 0 amide bonds. The van der Waals surface area contributed by atoms with E-state index in [4.69, 9.17) is 5.11 Å². The van der Waals surface area contributed by atoms with Crippen LogP contribution < -0.4 is 10.2 Å². The second kappa shape index (κ2) is 6.94. The van der Waals surface area contributed by atoms with Gasteiger partial charge in [0.1, 0.15) is 11.4 Å². The number of aliphatic hydroxyl groups is 1. The van der Waals surface area contributed by atoms with E-state index < -0.39 is 0 Å². The predicted molar refractivity (Wildman–Crippen MR) is 76.8 cm³/mol. The van der Waals surface area contributed by atoms with Crippen molar-refractivity contribution in [3.63, 3.8) is 0 Å². The number of hydrogen-bond donors (Lipinski definition) is 2. The first-order chi connectivity index (χ1) is 9.02. The SMILES string of the molecule is CNc1cccc(N(CCCO)C(C)C)c1[N+](=O)[O-]. The maximum absolute atomic E-state index is 11.3. The van der Waals surface area contributed by atoms with Crippen LogP contribution in [0.4, 0.5) is 17.1 Å². The van der Waals surface area contributed by atoms with Gasteiger partial charge in [-0.1, -0.05) is 6.07 Å². The van der Waals surface area contributed by atoms with E-state index in [0.29, 0.717) is 24.3 Å². The molecule has 0 radical (unpaired) electrons. The molecule has 1 rings (SSSR count). The lowest BCUT2D eigenvalue weighted by atomic mass is 10.1. The van der Waals surface area contributed by atoms with Crippen molar-refractivity contribution in [1.29, 1.82) is 0 Å². The quantitative estimate of drug-likeness (QED) is 0.585. The second-order valence-electron chi connectivity index (χ2n) is 4.54. The third kappa shape index (κ3) is 3.57. The fourth-order valence-electron chi connectivity index (χ4n) is 2.05. The molecule has 0 aliphatic carbocycles. The van der Waals surface area contributed by atoms with Crippen molar-refractivity contribution >= 4 is 17.1 Å². The number of hydrogen-bond acceptors (Lipinski definition) is 5. The van der Waals surface area contributed by atoms with E-state index in [2.05, 4.69) is 5.32 Å². The van der Waals surface area contributed by atoms with Gasteiger partial charge in [-0.05, 0) is 32.4 Å². The molecule has 106 valence electrons. The smallest absolute Gasteiger partial charge is 0.315 e. The van der Waals surface area contributed by atoms with Gasteiger partial charge < -0.3 is 15.3 Å². The first-order valence-electron chi connectivity index (χ1n) is 6.35. The van der Waals surface area contributed by atoms with Crippen LogP contribution in [0.3, 0.4) is 0 Å². The highest BCUT2D eigenvalue weighted by Crippen LogP contribution is 2.36. The number of nitrogens with one attached hydrogen (secondary N) is 1. The van der Waals surface area contributed by atoms with Crippen molar-refractivity contribution in [3.8, 4) is 0 Å². The van der Waals surface area contributed by atoms with Crippen molar-refractivity contribution in [3.05, 3.63) is 28.3 Å². The van der Waals surface area contributed by atoms with Gasteiger partial charge >= 0.3 is 5.69 Å². The van der Waals surface area contributed by atoms with Gasteiger partial charge in [-0.3, -0.25) is 10.1 Å². The fraction of sp³-hybridized carbons (Fsp3) is 0.538. The van der Waals surface area contributed by atoms with Crippen LogP contribution in [0.2, 0.25) is 0 Å². The lowest BCUT2D eigenvalue weighted by molar-refractivity contribution is -0.383. The number of nitro benzene ring substituents is 1. The molecule has 1 aromatic rings. The Labute approximate surface area is 113 Å². The molecule has 0 fully saturated rings. The molecule has 0 heterocycles. The van der Waals surface area contributed by atoms with E-state index in [9.17, 15) is 10.1 Å². The zero-order valence-corrected chi connectivity index (χ0v) is 11.6. The van der Waals surface area contributed by atoms with E-state index in [-0.39, 0.29) is 23.3 Å². The van der Waals surface area contributed by atoms with Gasteiger partial charge in [0.2, 0.25) is 0 Å². The lowest BCUT2D eigenvalue weighted by Crippen LogP contribution is -2.32. The number of rotatable bonds is 7. The highest BCUT2D eigenvalue weighted by atomic mass is 16.6. The van der Waals surface area contributed by atoms with Crippen LogP contribution in [-0.2, 0) is 0 Å². The van der Waals surface area contributed by atoms with Crippen molar-refractivity contribution in [1.82, 2.24) is 0 Å². The third-order valence-corrected chi connectivity index (χ3v) is 2.96. The van der Waals surface area contributed by atoms with Gasteiger partial charge in [0, 0.05) is 26.2 Å². The molecule has 0 unspecified atom stereocenters. The minimum Gasteiger partial charge on any atom is -0.396 e. The first kappa shape index (κ1) is 15.2. The molecular formula is C13H21N3O3. The predicted octanol–water partition coefficient (Wildman–Crippen LogP) is 2.23. The Morgan fingerprint density at radius 1 is 1.47 bits per heavy atom. The van der Waals surface area contributed by atoms with Gasteiger partial charge in [-0.15, -0.1) is 0 Å². The second-order valence-corrected chi connectivity index (χ2v) is 4.54. The molecular weight excluding hydrogens is 246 g/mol. The maximum atomic E-state index is 11.3. The van der Waals surface area contributed by atoms with E-state index >= 15 is 0 Å². The summed E-state index contributed by atoms with van der Waals surface area (Å²) in [7, 11) is 1.67. The minimum absolute atomic E-state index is 0.0722. The van der Waals surface area contributed by atoms with E-state index in [1.54, 1.807) is 25.2 Å². The number of benzene rings is 1. The van der Waals surface area contributed by atoms with Crippen molar-refractivity contribution < 1.29 is 10.0 Å². The Kier molecular flexibility index (Phi) is 5.57. The summed E-state index contributed by atoms with van der Waals surface area (Å²) < 4.78 is 0. The van der Waals surface area contributed by atoms with Crippen molar-refractivity contribution in [2.75, 3.05) is 30.4 Å². The van der Waals surface area contributed by atoms with E-state index in [0.717, 1.165) is 0 Å². The molecule has 0 aromatic heterocycles. The van der Waals surface area contributed by atoms with Crippen LogP contribution in [0.5, 0.6) is 0 Å². The fourth-order valence-corrected chi connectivity index (χ4v) is 2.05. The average Bonchev–Trinajstić information content (AvgIpc) is 2.38. The summed E-state index contributed by atoms with van der Waals surface area (Å²) in [6, 6.07) is 5.35. The van der Waals surface area contributed by atoms with Crippen molar-refractivity contribution in [2.24, 2.45) is 0 Å². The number of aliphatic hydroxyl groups excluding tert-OH is 1. The number of nitrogens with zero attached hydrogens (tertiary/aromatic N) is 2. The van der Waals surface area contributed by atoms with Crippen LogP contribution in [0.15, 0.2) is 18.2 Å². The maximum Gasteiger partial charge on any atom is 0.315 e. The summed E-state index contributed by atoms with van der Waals surface area (Å²) in [6.45, 7) is 4.62. The van der Waals surface area contributed by atoms with E-state index in [1.807, 2.05) is 18.7 Å². The topological polar surface area (TPSA) is 78.6 Å². The van der Waals surface area contributed by atoms with Gasteiger partial charge in [0.05, 0.1) is 4.92 Å². The van der Waals surface area contributed by atoms with Crippen LogP contribution in [0, 0.1) is 10.1 Å². The summed E-state index contributed by atoms with van der Waals surface area (Å²) >= 11 is 0. The zero-order chi connectivity index (χ0) is 14.4. The van der Waals surface area contributed by atoms with Gasteiger partial charge in [-0.25, -0.2) is 0 Å². The highest BCUT2D eigenvalue weighted by Gasteiger charge is 2.24. The molecule has 0 spiro atoms. The number of para-hydroxylation sites is 1. The molecule has 6 nitrogen and oxygen atoms in total. The average molecular weight is 267 g/mol. The Bertz CT molecular complexity index is 435. The van der Waals surface area contributed by atoms with Gasteiger partial charge in [0.15, 0.2) is 0 Å². The lowest BCUT2D eigenvalue weighted by Gasteiger charge is -2.28. The highest BCUT2D eigenvalue weighted by molar-refractivity contribution is 5.77. The Balaban J connectivity index is 3.25. The number of nitro groups is 1. The Morgan fingerprint density at radius 3 is 2.63 bits per heavy atom. The van der Waals surface area contributed by atoms with Gasteiger partial charge in [-0.2, -0.15) is 0 Å². The molecule has 0 aliphatic heterocycles. The summed E-state index contributed by atoms with van der Waals surface area (Å²) in [5.74, 6) is 0. The Morgan fingerprint density at radius 2 is 2.16 bits per heavy atom. The van der Waals surface area contributed by atoms with Crippen molar-refractivity contribution in [2.45, 2.75) is 26.3 Å². The normalized spacial score (nSPS) is 10.6. The summed E-state index contributed by atoms with van der Waals surface area (Å²) in [4.78, 5) is 12.9. The monoisotopic (exact) mass is 267 g/mol. The van der Waals surface area contributed by atoms with Crippen LogP contribution in [0.1, 0.15) is 20.3 Å². The molecule has 0 saturated carbocycles. The molecule has 0 atom stereocenters. The largest absolute Gasteiger partial charge is 0.396 e. The molecule has 1 aromatic carbocycles. The molecule has 19 heavy (non-hydrogen) atoms. The summed E-state index contributed by atoms with van der Waals surface area (Å²) in [5, 5.41) is 23.1. The van der Waals surface area contributed by atoms with Crippen LogP contribution in [-0.4, -0.2) is 36.3 Å². The molecule has 0 aliphatic rings. The molecule has 0 saturated heterocycles. The van der Waals surface area contributed by atoms with Gasteiger partial charge in [0.25, 0.3) is 0 Å². The molecule has 2 N–H and O–H groups in total. The number of anilines is 2. The first-order valence-corrected chi connectivity index (χ1v) is 6.35. The summed E-state index contributed by atoms with van der Waals surface area (Å²) in [5.41, 5.74) is 1.16. The standard InChI is InChI=1S/C13H21N3O3/c1-10(2)15(8-5-9-17)12-7-4-6-11(14-3)13(12)16(18)19/h4,6-7,10,14,17H,5,8-9H2,1-3H3. The van der Waals surface area contributed by atoms with Crippen LogP contribution >= 0.6 is 0 Å². The van der Waals surface area contributed by atoms with E-state index in [1.165, 1.54) is 0 Å². The minimum atomic E-state index is -0.366. The molecule has 6 heteroatoms. The Hall–Kier alpha value is -1.82. The van der Waals surface area contributed by atoms with Crippen LogP contribution in [0.25, 0.3) is 0 Å². The molecule has 0 bridgehead atoms. The zero-order valence-electron chi connectivity index (χ0n) is 11.6. The summed E-state index contributed by atoms with van der Waals surface area (Å²) in [6.07, 6.45) is 0.582.